The summed E-state index contributed by atoms with van der Waals surface area (Å²) in [5.41, 5.74) is 3.04. The van der Waals surface area contributed by atoms with Gasteiger partial charge in [-0.2, -0.15) is 5.10 Å². The molecule has 7 nitrogen and oxygen atoms in total. The first kappa shape index (κ1) is 20.7. The molecule has 1 N–H and O–H groups in total. The normalized spacial score (nSPS) is 17.6. The Labute approximate surface area is 174 Å². The Kier molecular flexibility index (Phi) is 6.77. The number of rotatable bonds is 7. The van der Waals surface area contributed by atoms with E-state index in [9.17, 15) is 4.79 Å². The van der Waals surface area contributed by atoms with Gasteiger partial charge in [0.2, 0.25) is 11.7 Å². The number of hydrogen-bond donors (Lipinski definition) is 1. The second-order valence-electron chi connectivity index (χ2n) is 6.39. The molecule has 152 valence electrons. The third kappa shape index (κ3) is 5.08. The molecule has 0 radical (unpaired) electrons. The van der Waals surface area contributed by atoms with E-state index >= 15 is 0 Å². The molecule has 2 aromatic rings. The SMILES string of the molecule is COc1cc(C=N/N=C2\NC(=O)C(Cc3ccc(C)cc3)S2)cc(OC)c1OC. The van der Waals surface area contributed by atoms with Gasteiger partial charge in [0, 0.05) is 5.56 Å². The van der Waals surface area contributed by atoms with Crippen LogP contribution in [0, 0.1) is 6.92 Å². The number of nitrogens with one attached hydrogen (secondary N) is 1. The first-order valence-electron chi connectivity index (χ1n) is 8.98. The van der Waals surface area contributed by atoms with E-state index < -0.39 is 0 Å². The van der Waals surface area contributed by atoms with Crippen LogP contribution in [-0.2, 0) is 11.2 Å². The highest BCUT2D eigenvalue weighted by Gasteiger charge is 2.30. The lowest BCUT2D eigenvalue weighted by molar-refractivity contribution is -0.118. The molecule has 2 aromatic carbocycles. The molecule has 1 fully saturated rings. The molecule has 0 aromatic heterocycles. The van der Waals surface area contributed by atoms with Crippen LogP contribution in [-0.4, -0.2) is 43.9 Å². The molecule has 1 saturated heterocycles. The molecule has 29 heavy (non-hydrogen) atoms. The summed E-state index contributed by atoms with van der Waals surface area (Å²) in [6.45, 7) is 2.04. The summed E-state index contributed by atoms with van der Waals surface area (Å²) in [4.78, 5) is 12.2. The van der Waals surface area contributed by atoms with Gasteiger partial charge in [-0.15, -0.1) is 5.10 Å². The van der Waals surface area contributed by atoms with E-state index in [1.165, 1.54) is 17.3 Å². The highest BCUT2D eigenvalue weighted by Crippen LogP contribution is 2.37. The largest absolute Gasteiger partial charge is 0.493 e. The zero-order valence-electron chi connectivity index (χ0n) is 16.8. The molecule has 1 heterocycles. The molecular formula is C21H23N3O4S. The molecule has 0 bridgehead atoms. The van der Waals surface area contributed by atoms with Crippen LogP contribution < -0.4 is 19.5 Å². The molecule has 1 atom stereocenters. The third-order valence-electron chi connectivity index (χ3n) is 4.36. The zero-order valence-corrected chi connectivity index (χ0v) is 17.6. The highest BCUT2D eigenvalue weighted by atomic mass is 32.2. The smallest absolute Gasteiger partial charge is 0.239 e. The van der Waals surface area contributed by atoms with Gasteiger partial charge in [-0.25, -0.2) is 0 Å². The van der Waals surface area contributed by atoms with Crippen LogP contribution in [0.5, 0.6) is 17.2 Å². The van der Waals surface area contributed by atoms with Crippen molar-refractivity contribution in [1.29, 1.82) is 0 Å². The molecule has 1 unspecified atom stereocenters. The van der Waals surface area contributed by atoms with Crippen molar-refractivity contribution in [1.82, 2.24) is 5.32 Å². The predicted molar refractivity (Wildman–Crippen MR) is 116 cm³/mol. The van der Waals surface area contributed by atoms with Crippen molar-refractivity contribution in [3.63, 3.8) is 0 Å². The summed E-state index contributed by atoms with van der Waals surface area (Å²) in [7, 11) is 4.65. The van der Waals surface area contributed by atoms with Crippen molar-refractivity contribution in [3.05, 3.63) is 53.1 Å². The van der Waals surface area contributed by atoms with Gasteiger partial charge in [0.05, 0.1) is 32.8 Å². The number of thioether (sulfide) groups is 1. The first-order chi connectivity index (χ1) is 14.0. The molecule has 0 spiro atoms. The van der Waals surface area contributed by atoms with E-state index in [2.05, 4.69) is 15.5 Å². The summed E-state index contributed by atoms with van der Waals surface area (Å²) < 4.78 is 16.0. The van der Waals surface area contributed by atoms with Crippen molar-refractivity contribution in [3.8, 4) is 17.2 Å². The Morgan fingerprint density at radius 3 is 2.31 bits per heavy atom. The number of benzene rings is 2. The standard InChI is InChI=1S/C21H23N3O4S/c1-13-5-7-14(8-6-13)11-18-20(25)23-21(29-18)24-22-12-15-9-16(26-2)19(28-4)17(10-15)27-3/h5-10,12,18H,11H2,1-4H3,(H,23,24,25). The lowest BCUT2D eigenvalue weighted by Crippen LogP contribution is -2.25. The van der Waals surface area contributed by atoms with Crippen molar-refractivity contribution < 1.29 is 19.0 Å². The van der Waals surface area contributed by atoms with Gasteiger partial charge in [-0.1, -0.05) is 41.6 Å². The summed E-state index contributed by atoms with van der Waals surface area (Å²) in [5.74, 6) is 1.51. The maximum atomic E-state index is 12.2. The van der Waals surface area contributed by atoms with Gasteiger partial charge in [0.1, 0.15) is 0 Å². The number of ether oxygens (including phenoxy) is 3. The third-order valence-corrected chi connectivity index (χ3v) is 5.43. The molecule has 0 saturated carbocycles. The fraction of sp³-hybridized carbons (Fsp3) is 0.286. The predicted octanol–water partition coefficient (Wildman–Crippen LogP) is 3.19. The van der Waals surface area contributed by atoms with E-state index in [0.717, 1.165) is 11.1 Å². The Morgan fingerprint density at radius 1 is 1.07 bits per heavy atom. The number of amidine groups is 1. The van der Waals surface area contributed by atoms with Crippen molar-refractivity contribution in [2.24, 2.45) is 10.2 Å². The van der Waals surface area contributed by atoms with E-state index in [0.29, 0.717) is 28.8 Å². The van der Waals surface area contributed by atoms with Crippen molar-refractivity contribution in [2.45, 2.75) is 18.6 Å². The Balaban J connectivity index is 1.69. The second kappa shape index (κ2) is 9.47. The van der Waals surface area contributed by atoms with Crippen molar-refractivity contribution in [2.75, 3.05) is 21.3 Å². The van der Waals surface area contributed by atoms with E-state index in [-0.39, 0.29) is 11.2 Å². The first-order valence-corrected chi connectivity index (χ1v) is 9.86. The lowest BCUT2D eigenvalue weighted by Gasteiger charge is -2.12. The fourth-order valence-corrected chi connectivity index (χ4v) is 3.81. The zero-order chi connectivity index (χ0) is 20.8. The summed E-state index contributed by atoms with van der Waals surface area (Å²) in [6, 6.07) is 11.7. The van der Waals surface area contributed by atoms with Gasteiger partial charge in [0.15, 0.2) is 16.7 Å². The molecule has 1 aliphatic rings. The van der Waals surface area contributed by atoms with Crippen LogP contribution in [0.4, 0.5) is 0 Å². The van der Waals surface area contributed by atoms with Gasteiger partial charge in [-0.05, 0) is 31.0 Å². The number of hydrogen-bond acceptors (Lipinski definition) is 7. The average Bonchev–Trinajstić information content (AvgIpc) is 3.07. The van der Waals surface area contributed by atoms with Gasteiger partial charge >= 0.3 is 0 Å². The van der Waals surface area contributed by atoms with E-state index in [4.69, 9.17) is 14.2 Å². The number of carbonyl (C=O) groups is 1. The van der Waals surface area contributed by atoms with Crippen LogP contribution in [0.3, 0.4) is 0 Å². The lowest BCUT2D eigenvalue weighted by atomic mass is 10.1. The van der Waals surface area contributed by atoms with E-state index in [1.807, 2.05) is 31.2 Å². The van der Waals surface area contributed by atoms with Gasteiger partial charge < -0.3 is 19.5 Å². The molecule has 1 amide bonds. The topological polar surface area (TPSA) is 81.5 Å². The van der Waals surface area contributed by atoms with Gasteiger partial charge in [-0.3, -0.25) is 4.79 Å². The minimum absolute atomic E-state index is 0.0580. The van der Waals surface area contributed by atoms with Crippen LogP contribution in [0.25, 0.3) is 0 Å². The molecule has 3 rings (SSSR count). The number of amides is 1. The minimum Gasteiger partial charge on any atom is -0.493 e. The summed E-state index contributed by atoms with van der Waals surface area (Å²) >= 11 is 1.38. The summed E-state index contributed by atoms with van der Waals surface area (Å²) in [6.07, 6.45) is 2.21. The number of nitrogens with zero attached hydrogens (tertiary/aromatic N) is 2. The fourth-order valence-electron chi connectivity index (χ4n) is 2.85. The molecule has 1 aliphatic heterocycles. The average molecular weight is 413 g/mol. The summed E-state index contributed by atoms with van der Waals surface area (Å²) in [5, 5.41) is 11.3. The second-order valence-corrected chi connectivity index (χ2v) is 7.59. The maximum Gasteiger partial charge on any atom is 0.239 e. The molecule has 0 aliphatic carbocycles. The van der Waals surface area contributed by atoms with Crippen LogP contribution in [0.1, 0.15) is 16.7 Å². The Hall–Kier alpha value is -3.00. The maximum absolute atomic E-state index is 12.2. The molecule has 8 heteroatoms. The Bertz CT molecular complexity index is 916. The molecular weight excluding hydrogens is 390 g/mol. The number of methoxy groups -OCH3 is 3. The number of carbonyl (C=O) groups excluding carboxylic acids is 1. The van der Waals surface area contributed by atoms with Crippen molar-refractivity contribution >= 4 is 29.1 Å². The van der Waals surface area contributed by atoms with Crippen LogP contribution >= 0.6 is 11.8 Å². The monoisotopic (exact) mass is 413 g/mol. The van der Waals surface area contributed by atoms with Gasteiger partial charge in [0.25, 0.3) is 0 Å². The Morgan fingerprint density at radius 2 is 1.72 bits per heavy atom. The van der Waals surface area contributed by atoms with Crippen LogP contribution in [0.2, 0.25) is 0 Å². The highest BCUT2D eigenvalue weighted by molar-refractivity contribution is 8.15. The number of aryl methyl sites for hydroxylation is 1. The minimum atomic E-state index is -0.215. The van der Waals surface area contributed by atoms with E-state index in [1.54, 1.807) is 39.7 Å². The quantitative estimate of drug-likeness (QED) is 0.557. The van der Waals surface area contributed by atoms with Crippen LogP contribution in [0.15, 0.2) is 46.6 Å².